The third-order valence-electron chi connectivity index (χ3n) is 6.20. The molecule has 0 radical (unpaired) electrons. The number of methoxy groups -OCH3 is 1. The van der Waals surface area contributed by atoms with Crippen LogP contribution in [0.2, 0.25) is 0 Å². The van der Waals surface area contributed by atoms with E-state index in [0.29, 0.717) is 17.5 Å². The summed E-state index contributed by atoms with van der Waals surface area (Å²) in [5.41, 5.74) is 2.83. The van der Waals surface area contributed by atoms with Gasteiger partial charge in [-0.15, -0.1) is 0 Å². The van der Waals surface area contributed by atoms with E-state index in [2.05, 4.69) is 36.4 Å². The van der Waals surface area contributed by atoms with Crippen molar-refractivity contribution in [1.29, 1.82) is 0 Å². The first-order chi connectivity index (χ1) is 15.9. The predicted molar refractivity (Wildman–Crippen MR) is 132 cm³/mol. The average molecular weight is 473 g/mol. The predicted octanol–water partition coefficient (Wildman–Crippen LogP) is 2.87. The third kappa shape index (κ3) is 5.39. The normalized spacial score (nSPS) is 17.4. The smallest absolute Gasteiger partial charge is 0.232 e. The summed E-state index contributed by atoms with van der Waals surface area (Å²) in [7, 11) is -1.64. The van der Waals surface area contributed by atoms with Crippen LogP contribution in [0.25, 0.3) is 10.9 Å². The molecular formula is C23H32N6O3S. The maximum absolute atomic E-state index is 11.9. The molecule has 3 aromatic rings. The number of aryl methyl sites for hydroxylation is 1. The molecule has 1 saturated heterocycles. The highest BCUT2D eigenvalue weighted by atomic mass is 32.2. The van der Waals surface area contributed by atoms with E-state index in [0.717, 1.165) is 55.7 Å². The van der Waals surface area contributed by atoms with Crippen LogP contribution in [0.1, 0.15) is 25.8 Å². The van der Waals surface area contributed by atoms with Crippen molar-refractivity contribution in [2.24, 2.45) is 0 Å². The second kappa shape index (κ2) is 9.96. The molecule has 2 aromatic heterocycles. The number of hydrogen-bond donors (Lipinski definition) is 2. The topological polar surface area (TPSA) is 103 Å². The second-order valence-electron chi connectivity index (χ2n) is 8.44. The van der Waals surface area contributed by atoms with Gasteiger partial charge >= 0.3 is 0 Å². The Hall–Kier alpha value is -2.85. The number of nitrogens with one attached hydrogen (secondary N) is 2. The average Bonchev–Trinajstić information content (AvgIpc) is 3.21. The molecule has 0 aliphatic carbocycles. The zero-order valence-corrected chi connectivity index (χ0v) is 20.2. The van der Waals surface area contributed by atoms with Gasteiger partial charge in [0.05, 0.1) is 19.1 Å². The van der Waals surface area contributed by atoms with E-state index in [1.807, 2.05) is 18.3 Å². The molecule has 0 amide bonds. The summed E-state index contributed by atoms with van der Waals surface area (Å²) >= 11 is 0. The lowest BCUT2D eigenvalue weighted by atomic mass is 10.1. The molecule has 33 heavy (non-hydrogen) atoms. The van der Waals surface area contributed by atoms with Gasteiger partial charge in [0, 0.05) is 48.5 Å². The van der Waals surface area contributed by atoms with E-state index in [9.17, 15) is 8.42 Å². The van der Waals surface area contributed by atoms with Crippen molar-refractivity contribution in [3.63, 3.8) is 0 Å². The molecule has 4 rings (SSSR count). The lowest BCUT2D eigenvalue weighted by Crippen LogP contribution is -2.52. The minimum absolute atomic E-state index is 0.0563. The Morgan fingerprint density at radius 3 is 2.91 bits per heavy atom. The molecule has 1 aromatic carbocycles. The molecule has 3 heterocycles. The summed E-state index contributed by atoms with van der Waals surface area (Å²) in [4.78, 5) is 16.6. The zero-order chi connectivity index (χ0) is 23.4. The molecule has 1 aliphatic rings. The van der Waals surface area contributed by atoms with Crippen molar-refractivity contribution >= 4 is 32.4 Å². The van der Waals surface area contributed by atoms with E-state index in [1.54, 1.807) is 32.6 Å². The number of rotatable bonds is 9. The Bertz CT molecular complexity index is 1200. The largest absolute Gasteiger partial charge is 0.491 e. The molecule has 2 N–H and O–H groups in total. The fraction of sp³-hybridized carbons (Fsp3) is 0.478. The van der Waals surface area contributed by atoms with Crippen LogP contribution in [0.4, 0.5) is 11.5 Å². The van der Waals surface area contributed by atoms with Gasteiger partial charge in [-0.2, -0.15) is 0 Å². The highest BCUT2D eigenvalue weighted by molar-refractivity contribution is 7.92. The minimum Gasteiger partial charge on any atom is -0.491 e. The number of sulfonamides is 1. The SMILES string of the molecule is CCS(=O)(=O)Nc1ccc2[nH]cc(CCCN3CCN(c4ncncc4OC)C(C)C3)c2c1. The fourth-order valence-electron chi connectivity index (χ4n) is 4.41. The van der Waals surface area contributed by atoms with Gasteiger partial charge < -0.3 is 14.6 Å². The van der Waals surface area contributed by atoms with Crippen LogP contribution >= 0.6 is 0 Å². The highest BCUT2D eigenvalue weighted by Crippen LogP contribution is 2.28. The number of aromatic nitrogens is 3. The third-order valence-corrected chi connectivity index (χ3v) is 7.51. The van der Waals surface area contributed by atoms with Crippen LogP contribution in [-0.2, 0) is 16.4 Å². The monoisotopic (exact) mass is 472 g/mol. The van der Waals surface area contributed by atoms with Crippen molar-refractivity contribution < 1.29 is 13.2 Å². The van der Waals surface area contributed by atoms with Crippen LogP contribution in [0.5, 0.6) is 5.75 Å². The first kappa shape index (κ1) is 23.3. The number of H-pyrrole nitrogens is 1. The Balaban J connectivity index is 1.34. The lowest BCUT2D eigenvalue weighted by Gasteiger charge is -2.40. The van der Waals surface area contributed by atoms with Gasteiger partial charge in [-0.05, 0) is 57.0 Å². The van der Waals surface area contributed by atoms with Gasteiger partial charge in [0.1, 0.15) is 6.33 Å². The Kier molecular flexibility index (Phi) is 7.04. The number of ether oxygens (including phenoxy) is 1. The van der Waals surface area contributed by atoms with E-state index >= 15 is 0 Å². The second-order valence-corrected chi connectivity index (χ2v) is 10.5. The van der Waals surface area contributed by atoms with Gasteiger partial charge in [-0.25, -0.2) is 18.4 Å². The van der Waals surface area contributed by atoms with Gasteiger partial charge in [0.25, 0.3) is 0 Å². The summed E-state index contributed by atoms with van der Waals surface area (Å²) < 4.78 is 31.9. The summed E-state index contributed by atoms with van der Waals surface area (Å²) in [6.45, 7) is 7.67. The summed E-state index contributed by atoms with van der Waals surface area (Å²) in [6, 6.07) is 5.97. The number of piperazine rings is 1. The maximum atomic E-state index is 11.9. The van der Waals surface area contributed by atoms with E-state index < -0.39 is 10.0 Å². The Morgan fingerprint density at radius 1 is 1.30 bits per heavy atom. The van der Waals surface area contributed by atoms with Crippen molar-refractivity contribution in [1.82, 2.24) is 19.9 Å². The van der Waals surface area contributed by atoms with E-state index in [-0.39, 0.29) is 5.75 Å². The fourth-order valence-corrected chi connectivity index (χ4v) is 5.04. The van der Waals surface area contributed by atoms with E-state index in [4.69, 9.17) is 4.74 Å². The molecule has 1 aliphatic heterocycles. The number of nitrogens with zero attached hydrogens (tertiary/aromatic N) is 4. The molecule has 0 bridgehead atoms. The van der Waals surface area contributed by atoms with Crippen molar-refractivity contribution in [3.05, 3.63) is 42.5 Å². The van der Waals surface area contributed by atoms with Crippen molar-refractivity contribution in [2.45, 2.75) is 32.7 Å². The molecule has 1 unspecified atom stereocenters. The van der Waals surface area contributed by atoms with Crippen LogP contribution in [0.15, 0.2) is 36.9 Å². The van der Waals surface area contributed by atoms with Crippen LogP contribution < -0.4 is 14.4 Å². The number of fused-ring (bicyclic) bond motifs is 1. The molecule has 1 atom stereocenters. The first-order valence-electron chi connectivity index (χ1n) is 11.3. The van der Waals surface area contributed by atoms with Crippen molar-refractivity contribution in [3.8, 4) is 5.75 Å². The van der Waals surface area contributed by atoms with E-state index in [1.165, 1.54) is 5.56 Å². The lowest BCUT2D eigenvalue weighted by molar-refractivity contribution is 0.225. The zero-order valence-electron chi connectivity index (χ0n) is 19.4. The van der Waals surface area contributed by atoms with Gasteiger partial charge in [-0.1, -0.05) is 0 Å². The maximum Gasteiger partial charge on any atom is 0.232 e. The molecule has 178 valence electrons. The van der Waals surface area contributed by atoms with Gasteiger partial charge in [-0.3, -0.25) is 9.62 Å². The van der Waals surface area contributed by atoms with Gasteiger partial charge in [0.15, 0.2) is 11.6 Å². The Morgan fingerprint density at radius 2 is 2.15 bits per heavy atom. The molecule has 0 saturated carbocycles. The molecule has 9 nitrogen and oxygen atoms in total. The highest BCUT2D eigenvalue weighted by Gasteiger charge is 2.26. The van der Waals surface area contributed by atoms with Crippen LogP contribution in [0.3, 0.4) is 0 Å². The summed E-state index contributed by atoms with van der Waals surface area (Å²) in [5, 5.41) is 1.07. The van der Waals surface area contributed by atoms with Crippen molar-refractivity contribution in [2.75, 3.05) is 48.7 Å². The molecule has 10 heteroatoms. The van der Waals surface area contributed by atoms with Crippen LogP contribution in [0, 0.1) is 0 Å². The summed E-state index contributed by atoms with van der Waals surface area (Å²) in [6.07, 6.45) is 7.27. The number of benzene rings is 1. The molecular weight excluding hydrogens is 440 g/mol. The summed E-state index contributed by atoms with van der Waals surface area (Å²) in [5.74, 6) is 1.62. The van der Waals surface area contributed by atoms with Crippen LogP contribution in [-0.4, -0.2) is 73.4 Å². The first-order valence-corrected chi connectivity index (χ1v) is 13.0. The quantitative estimate of drug-likeness (QED) is 0.494. The molecule has 0 spiro atoms. The standard InChI is InChI=1S/C23H32N6O3S/c1-4-33(30,31)27-19-7-8-21-20(12-19)18(13-25-21)6-5-9-28-10-11-29(17(2)15-28)23-22(32-3)14-24-16-26-23/h7-8,12-14,16-17,25,27H,4-6,9-11,15H2,1-3H3. The Labute approximate surface area is 195 Å². The molecule has 1 fully saturated rings. The van der Waals surface area contributed by atoms with Gasteiger partial charge in [0.2, 0.25) is 10.0 Å². The number of hydrogen-bond acceptors (Lipinski definition) is 7. The minimum atomic E-state index is -3.29. The number of aromatic amines is 1. The number of anilines is 2.